The van der Waals surface area contributed by atoms with Crippen LogP contribution in [0.25, 0.3) is 0 Å². The number of piperazine rings is 1. The third kappa shape index (κ3) is 2.28. The molecule has 3 atom stereocenters. The van der Waals surface area contributed by atoms with Crippen LogP contribution in [0, 0.1) is 11.8 Å². The van der Waals surface area contributed by atoms with E-state index in [0.717, 1.165) is 24.4 Å². The number of hydrogen-bond acceptors (Lipinski definition) is 2. The maximum absolute atomic E-state index is 3.53. The highest BCUT2D eigenvalue weighted by molar-refractivity contribution is 4.95. The molecule has 1 saturated heterocycles. The molecule has 1 N–H and O–H groups in total. The molecule has 2 nitrogen and oxygen atoms in total. The SMILES string of the molecule is CC1CCCC(N2CCNCC2(C)C)C1C. The highest BCUT2D eigenvalue weighted by atomic mass is 15.3. The van der Waals surface area contributed by atoms with Crippen LogP contribution >= 0.6 is 0 Å². The van der Waals surface area contributed by atoms with Gasteiger partial charge in [0.25, 0.3) is 0 Å². The lowest BCUT2D eigenvalue weighted by Gasteiger charge is -2.51. The second-order valence-corrected chi connectivity index (χ2v) is 6.52. The summed E-state index contributed by atoms with van der Waals surface area (Å²) in [6.07, 6.45) is 4.27. The predicted molar refractivity (Wildman–Crippen MR) is 69.6 cm³/mol. The van der Waals surface area contributed by atoms with E-state index in [4.69, 9.17) is 0 Å². The van der Waals surface area contributed by atoms with Crippen LogP contribution in [-0.4, -0.2) is 36.1 Å². The third-order valence-corrected chi connectivity index (χ3v) is 4.93. The highest BCUT2D eigenvalue weighted by Gasteiger charge is 2.39. The van der Waals surface area contributed by atoms with E-state index in [1.165, 1.54) is 32.4 Å². The molecule has 0 amide bonds. The van der Waals surface area contributed by atoms with Gasteiger partial charge >= 0.3 is 0 Å². The number of rotatable bonds is 1. The Kier molecular flexibility index (Phi) is 3.60. The van der Waals surface area contributed by atoms with Gasteiger partial charge in [-0.15, -0.1) is 0 Å². The minimum absolute atomic E-state index is 0.342. The van der Waals surface area contributed by atoms with Crippen LogP contribution < -0.4 is 5.32 Å². The molecule has 0 radical (unpaired) electrons. The van der Waals surface area contributed by atoms with Gasteiger partial charge in [0, 0.05) is 31.2 Å². The van der Waals surface area contributed by atoms with E-state index in [1.807, 2.05) is 0 Å². The lowest BCUT2D eigenvalue weighted by atomic mass is 9.76. The molecule has 0 aromatic rings. The summed E-state index contributed by atoms with van der Waals surface area (Å²) in [5.41, 5.74) is 0.342. The first kappa shape index (κ1) is 12.4. The fourth-order valence-electron chi connectivity index (χ4n) is 3.61. The van der Waals surface area contributed by atoms with Crippen molar-refractivity contribution in [2.24, 2.45) is 11.8 Å². The van der Waals surface area contributed by atoms with Crippen LogP contribution in [0.15, 0.2) is 0 Å². The Hall–Kier alpha value is -0.0800. The molecule has 1 aliphatic carbocycles. The minimum atomic E-state index is 0.342. The van der Waals surface area contributed by atoms with Gasteiger partial charge in [0.05, 0.1) is 0 Å². The summed E-state index contributed by atoms with van der Waals surface area (Å²) in [6.45, 7) is 13.2. The zero-order valence-corrected chi connectivity index (χ0v) is 11.4. The topological polar surface area (TPSA) is 15.3 Å². The summed E-state index contributed by atoms with van der Waals surface area (Å²) in [5, 5.41) is 3.53. The van der Waals surface area contributed by atoms with Crippen molar-refractivity contribution in [3.05, 3.63) is 0 Å². The van der Waals surface area contributed by atoms with Crippen molar-refractivity contribution in [3.8, 4) is 0 Å². The van der Waals surface area contributed by atoms with Crippen LogP contribution in [0.1, 0.15) is 47.0 Å². The first-order valence-corrected chi connectivity index (χ1v) is 7.00. The van der Waals surface area contributed by atoms with Gasteiger partial charge < -0.3 is 5.32 Å². The fourth-order valence-corrected chi connectivity index (χ4v) is 3.61. The second-order valence-electron chi connectivity index (χ2n) is 6.52. The van der Waals surface area contributed by atoms with Gasteiger partial charge in [-0.25, -0.2) is 0 Å². The quantitative estimate of drug-likeness (QED) is 0.736. The smallest absolute Gasteiger partial charge is 0.0281 e. The molecule has 0 aromatic heterocycles. The Labute approximate surface area is 101 Å². The molecule has 2 heteroatoms. The van der Waals surface area contributed by atoms with Crippen molar-refractivity contribution in [2.45, 2.75) is 58.5 Å². The summed E-state index contributed by atoms with van der Waals surface area (Å²) >= 11 is 0. The molecule has 0 aromatic carbocycles. The van der Waals surface area contributed by atoms with E-state index in [2.05, 4.69) is 37.9 Å². The molecule has 1 saturated carbocycles. The Balaban J connectivity index is 2.09. The molecule has 94 valence electrons. The number of hydrogen-bond donors (Lipinski definition) is 1. The normalized spacial score (nSPS) is 40.9. The molecule has 2 aliphatic rings. The van der Waals surface area contributed by atoms with Gasteiger partial charge in [-0.3, -0.25) is 4.90 Å². The van der Waals surface area contributed by atoms with E-state index in [0.29, 0.717) is 5.54 Å². The van der Waals surface area contributed by atoms with Crippen LogP contribution in [0.3, 0.4) is 0 Å². The second kappa shape index (κ2) is 4.66. The fraction of sp³-hybridized carbons (Fsp3) is 1.00. The Morgan fingerprint density at radius 3 is 2.62 bits per heavy atom. The summed E-state index contributed by atoms with van der Waals surface area (Å²) < 4.78 is 0. The van der Waals surface area contributed by atoms with E-state index < -0.39 is 0 Å². The van der Waals surface area contributed by atoms with Gasteiger partial charge in [-0.1, -0.05) is 26.7 Å². The first-order chi connectivity index (χ1) is 7.52. The van der Waals surface area contributed by atoms with Crippen molar-refractivity contribution in [1.82, 2.24) is 10.2 Å². The zero-order valence-electron chi connectivity index (χ0n) is 11.4. The zero-order chi connectivity index (χ0) is 11.8. The monoisotopic (exact) mass is 224 g/mol. The van der Waals surface area contributed by atoms with Gasteiger partial charge in [-0.05, 0) is 32.1 Å². The molecule has 1 aliphatic heterocycles. The molecule has 3 unspecified atom stereocenters. The van der Waals surface area contributed by atoms with Crippen molar-refractivity contribution in [2.75, 3.05) is 19.6 Å². The summed E-state index contributed by atoms with van der Waals surface area (Å²) in [6, 6.07) is 0.820. The standard InChI is InChI=1S/C14H28N2/c1-11-6-5-7-13(12(11)2)16-9-8-15-10-14(16,3)4/h11-13,15H,5-10H2,1-4H3. The van der Waals surface area contributed by atoms with Crippen LogP contribution in [-0.2, 0) is 0 Å². The average Bonchev–Trinajstić information content (AvgIpc) is 2.22. The van der Waals surface area contributed by atoms with Crippen LogP contribution in [0.5, 0.6) is 0 Å². The number of nitrogens with zero attached hydrogens (tertiary/aromatic N) is 1. The molecule has 1 heterocycles. The molecule has 0 spiro atoms. The van der Waals surface area contributed by atoms with Crippen molar-refractivity contribution in [3.63, 3.8) is 0 Å². The average molecular weight is 224 g/mol. The third-order valence-electron chi connectivity index (χ3n) is 4.93. The summed E-state index contributed by atoms with van der Waals surface area (Å²) in [7, 11) is 0. The van der Waals surface area contributed by atoms with Crippen LogP contribution in [0.2, 0.25) is 0 Å². The molecule has 16 heavy (non-hydrogen) atoms. The van der Waals surface area contributed by atoms with Crippen molar-refractivity contribution in [1.29, 1.82) is 0 Å². The molecule has 2 fully saturated rings. The van der Waals surface area contributed by atoms with Crippen molar-refractivity contribution < 1.29 is 0 Å². The highest BCUT2D eigenvalue weighted by Crippen LogP contribution is 2.36. The summed E-state index contributed by atoms with van der Waals surface area (Å²) in [4.78, 5) is 2.78. The van der Waals surface area contributed by atoms with E-state index in [-0.39, 0.29) is 0 Å². The maximum Gasteiger partial charge on any atom is 0.0281 e. The van der Waals surface area contributed by atoms with Gasteiger partial charge in [-0.2, -0.15) is 0 Å². The Morgan fingerprint density at radius 2 is 1.94 bits per heavy atom. The predicted octanol–water partition coefficient (Wildman–Crippen LogP) is 2.49. The molecule has 2 rings (SSSR count). The lowest BCUT2D eigenvalue weighted by Crippen LogP contribution is -2.63. The van der Waals surface area contributed by atoms with Gasteiger partial charge in [0.1, 0.15) is 0 Å². The molecule has 0 bridgehead atoms. The van der Waals surface area contributed by atoms with Crippen LogP contribution in [0.4, 0.5) is 0 Å². The van der Waals surface area contributed by atoms with E-state index in [1.54, 1.807) is 0 Å². The van der Waals surface area contributed by atoms with E-state index in [9.17, 15) is 0 Å². The summed E-state index contributed by atoms with van der Waals surface area (Å²) in [5.74, 6) is 1.77. The lowest BCUT2D eigenvalue weighted by molar-refractivity contribution is -0.00853. The largest absolute Gasteiger partial charge is 0.314 e. The number of nitrogens with one attached hydrogen (secondary N) is 1. The molecular formula is C14H28N2. The first-order valence-electron chi connectivity index (χ1n) is 7.00. The Bertz CT molecular complexity index is 237. The van der Waals surface area contributed by atoms with Gasteiger partial charge in [0.15, 0.2) is 0 Å². The molecular weight excluding hydrogens is 196 g/mol. The van der Waals surface area contributed by atoms with Gasteiger partial charge in [0.2, 0.25) is 0 Å². The Morgan fingerprint density at radius 1 is 1.19 bits per heavy atom. The maximum atomic E-state index is 3.53. The van der Waals surface area contributed by atoms with E-state index >= 15 is 0 Å². The minimum Gasteiger partial charge on any atom is -0.314 e. The van der Waals surface area contributed by atoms with Crippen molar-refractivity contribution >= 4 is 0 Å².